The number of nitrogens with zero attached hydrogens (tertiary/aromatic N) is 4. The molecule has 0 bridgehead atoms. The van der Waals surface area contributed by atoms with Gasteiger partial charge in [0.2, 0.25) is 29.5 Å². The van der Waals surface area contributed by atoms with E-state index in [-0.39, 0.29) is 42.1 Å². The molecule has 5 atom stereocenters. The van der Waals surface area contributed by atoms with Gasteiger partial charge in [-0.15, -0.1) is 0 Å². The van der Waals surface area contributed by atoms with Gasteiger partial charge in [0.05, 0.1) is 5.02 Å². The third-order valence-electron chi connectivity index (χ3n) is 11.1. The Labute approximate surface area is 325 Å². The van der Waals surface area contributed by atoms with Crippen molar-refractivity contribution in [3.63, 3.8) is 0 Å². The summed E-state index contributed by atoms with van der Waals surface area (Å²) in [6.45, 7) is 9.77. The molecule has 0 unspecified atom stereocenters. The largest absolute Gasteiger partial charge is 0.474 e. The summed E-state index contributed by atoms with van der Waals surface area (Å²) in [5.41, 5.74) is -1.29. The van der Waals surface area contributed by atoms with Gasteiger partial charge in [0, 0.05) is 45.9 Å². The summed E-state index contributed by atoms with van der Waals surface area (Å²) in [5, 5.41) is 6.28. The van der Waals surface area contributed by atoms with E-state index in [0.29, 0.717) is 35.9 Å². The summed E-state index contributed by atoms with van der Waals surface area (Å²) >= 11 is 6.39. The first kappa shape index (κ1) is 41.6. The van der Waals surface area contributed by atoms with Crippen LogP contribution in [0, 0.1) is 17.8 Å². The second-order valence-corrected chi connectivity index (χ2v) is 17.8. The zero-order valence-corrected chi connectivity index (χ0v) is 34.2. The standard InChI is InChI=1S/C40H61ClN6O7/c1-24(2)19-30-34(48)46(7)31(21-26-20-28(41)23-42-33(26)53-29-16-17-29)35(49)45(6)18-12-10-9-11-13-27-22-40(27,37(51)43-30)47(8)36(50)32(25-14-15-25)44-38(52)54-39(3,4)5/h20,23-25,27,29-32H,9-19,21-22H2,1-8H3,(H,43,51)(H,44,52)/t27-,30-,31-,32-,40-/m0/s1. The molecule has 0 aromatic carbocycles. The predicted molar refractivity (Wildman–Crippen MR) is 205 cm³/mol. The van der Waals surface area contributed by atoms with Crippen LogP contribution in [-0.4, -0.2) is 112 Å². The number of amides is 5. The Hall–Kier alpha value is -3.61. The fourth-order valence-electron chi connectivity index (χ4n) is 7.65. The molecule has 3 aliphatic carbocycles. The van der Waals surface area contributed by atoms with Gasteiger partial charge in [0.15, 0.2) is 0 Å². The highest BCUT2D eigenvalue weighted by Gasteiger charge is 2.64. The van der Waals surface area contributed by atoms with E-state index in [1.54, 1.807) is 52.9 Å². The van der Waals surface area contributed by atoms with Crippen LogP contribution in [0.1, 0.15) is 111 Å². The average molecular weight is 773 g/mol. The maximum atomic E-state index is 14.7. The highest BCUT2D eigenvalue weighted by molar-refractivity contribution is 6.30. The van der Waals surface area contributed by atoms with Crippen LogP contribution in [0.3, 0.4) is 0 Å². The summed E-state index contributed by atoms with van der Waals surface area (Å²) in [5.74, 6) is -1.09. The monoisotopic (exact) mass is 772 g/mol. The Morgan fingerprint density at radius 1 is 1.06 bits per heavy atom. The zero-order chi connectivity index (χ0) is 39.5. The molecule has 1 aromatic heterocycles. The molecule has 3 saturated carbocycles. The fraction of sp³-hybridized carbons (Fsp3) is 0.750. The first-order valence-electron chi connectivity index (χ1n) is 19.8. The predicted octanol–water partition coefficient (Wildman–Crippen LogP) is 5.12. The highest BCUT2D eigenvalue weighted by atomic mass is 35.5. The van der Waals surface area contributed by atoms with Crippen molar-refractivity contribution in [3.8, 4) is 5.88 Å². The van der Waals surface area contributed by atoms with Gasteiger partial charge in [-0.25, -0.2) is 9.78 Å². The van der Waals surface area contributed by atoms with Gasteiger partial charge >= 0.3 is 6.09 Å². The van der Waals surface area contributed by atoms with E-state index in [9.17, 15) is 24.0 Å². The molecular formula is C40H61ClN6O7. The normalized spacial score (nSPS) is 26.5. The molecule has 2 heterocycles. The molecule has 14 heteroatoms. The van der Waals surface area contributed by atoms with Gasteiger partial charge in [-0.1, -0.05) is 44.7 Å². The molecule has 1 saturated heterocycles. The van der Waals surface area contributed by atoms with E-state index in [2.05, 4.69) is 15.6 Å². The van der Waals surface area contributed by atoms with Gasteiger partial charge in [-0.3, -0.25) is 19.2 Å². The number of rotatable bonds is 10. The molecular weight excluding hydrogens is 712 g/mol. The quantitative estimate of drug-likeness (QED) is 0.333. The van der Waals surface area contributed by atoms with Crippen LogP contribution in [0.2, 0.25) is 5.02 Å². The molecule has 300 valence electrons. The molecule has 0 radical (unpaired) electrons. The molecule has 1 aromatic rings. The van der Waals surface area contributed by atoms with Crippen LogP contribution in [0.25, 0.3) is 0 Å². The number of halogens is 1. The van der Waals surface area contributed by atoms with Crippen molar-refractivity contribution in [1.82, 2.24) is 30.3 Å². The zero-order valence-electron chi connectivity index (χ0n) is 33.4. The van der Waals surface area contributed by atoms with Crippen molar-refractivity contribution >= 4 is 41.3 Å². The van der Waals surface area contributed by atoms with Gasteiger partial charge in [0.1, 0.15) is 35.4 Å². The van der Waals surface area contributed by atoms with E-state index in [0.717, 1.165) is 57.8 Å². The summed E-state index contributed by atoms with van der Waals surface area (Å²) in [6, 6.07) is -0.975. The number of carbonyl (C=O) groups is 5. The van der Waals surface area contributed by atoms with Gasteiger partial charge < -0.3 is 34.8 Å². The highest BCUT2D eigenvalue weighted by Crippen LogP contribution is 2.52. The van der Waals surface area contributed by atoms with Crippen LogP contribution in [0.4, 0.5) is 4.79 Å². The summed E-state index contributed by atoms with van der Waals surface area (Å²) in [6.07, 6.45) is 9.40. The van der Waals surface area contributed by atoms with Crippen LogP contribution < -0.4 is 15.4 Å². The lowest BCUT2D eigenvalue weighted by molar-refractivity contribution is -0.148. The number of alkyl carbamates (subject to hydrolysis) is 1. The molecule has 5 amide bonds. The van der Waals surface area contributed by atoms with Crippen LogP contribution >= 0.6 is 11.6 Å². The first-order valence-corrected chi connectivity index (χ1v) is 20.2. The number of nitrogens with one attached hydrogen (secondary N) is 2. The molecule has 2 N–H and O–H groups in total. The Morgan fingerprint density at radius 2 is 1.74 bits per heavy atom. The molecule has 13 nitrogen and oxygen atoms in total. The number of aromatic nitrogens is 1. The number of hydrogen-bond acceptors (Lipinski definition) is 8. The van der Waals surface area contributed by atoms with Crippen molar-refractivity contribution in [1.29, 1.82) is 0 Å². The van der Waals surface area contributed by atoms with E-state index < -0.39 is 47.2 Å². The summed E-state index contributed by atoms with van der Waals surface area (Å²) in [4.78, 5) is 79.7. The smallest absolute Gasteiger partial charge is 0.408 e. The lowest BCUT2D eigenvalue weighted by Gasteiger charge is -2.36. The van der Waals surface area contributed by atoms with E-state index >= 15 is 0 Å². The second-order valence-electron chi connectivity index (χ2n) is 17.4. The maximum absolute atomic E-state index is 14.7. The molecule has 0 spiro atoms. The number of carbonyl (C=O) groups excluding carboxylic acids is 5. The van der Waals surface area contributed by atoms with Crippen molar-refractivity contribution in [2.45, 2.75) is 147 Å². The van der Waals surface area contributed by atoms with Crippen LogP contribution in [0.15, 0.2) is 12.3 Å². The Bertz CT molecular complexity index is 1560. The summed E-state index contributed by atoms with van der Waals surface area (Å²) < 4.78 is 11.6. The molecule has 54 heavy (non-hydrogen) atoms. The fourth-order valence-corrected chi connectivity index (χ4v) is 7.83. The topological polar surface area (TPSA) is 150 Å². The molecule has 4 aliphatic rings. The minimum atomic E-state index is -1.18. The number of likely N-dealkylation sites (N-methyl/N-ethyl adjacent to an activating group) is 3. The van der Waals surface area contributed by atoms with E-state index in [1.807, 2.05) is 13.8 Å². The molecule has 1 aliphatic heterocycles. The van der Waals surface area contributed by atoms with Crippen molar-refractivity contribution in [2.24, 2.45) is 17.8 Å². The van der Waals surface area contributed by atoms with Crippen LogP contribution in [-0.2, 0) is 30.3 Å². The number of ether oxygens (including phenoxy) is 2. The second kappa shape index (κ2) is 17.0. The first-order chi connectivity index (χ1) is 25.4. The summed E-state index contributed by atoms with van der Waals surface area (Å²) in [7, 11) is 5.01. The van der Waals surface area contributed by atoms with E-state index in [4.69, 9.17) is 21.1 Å². The Kier molecular flexibility index (Phi) is 13.1. The third kappa shape index (κ3) is 10.4. The number of pyridine rings is 1. The minimum absolute atomic E-state index is 0.0216. The third-order valence-corrected chi connectivity index (χ3v) is 11.3. The number of fused-ring (bicyclic) bond motifs is 1. The lowest BCUT2D eigenvalue weighted by Crippen LogP contribution is -2.61. The van der Waals surface area contributed by atoms with Crippen molar-refractivity contribution in [3.05, 3.63) is 22.8 Å². The Balaban J connectivity index is 1.44. The Morgan fingerprint density at radius 3 is 2.37 bits per heavy atom. The molecule has 4 fully saturated rings. The van der Waals surface area contributed by atoms with Gasteiger partial charge in [0.25, 0.3) is 0 Å². The van der Waals surface area contributed by atoms with Crippen molar-refractivity contribution < 1.29 is 33.4 Å². The number of hydrogen-bond donors (Lipinski definition) is 2. The van der Waals surface area contributed by atoms with E-state index in [1.165, 1.54) is 16.0 Å². The van der Waals surface area contributed by atoms with Crippen LogP contribution in [0.5, 0.6) is 5.88 Å². The van der Waals surface area contributed by atoms with Gasteiger partial charge in [-0.05, 0) is 96.0 Å². The minimum Gasteiger partial charge on any atom is -0.474 e. The van der Waals surface area contributed by atoms with Crippen molar-refractivity contribution in [2.75, 3.05) is 27.7 Å². The average Bonchev–Trinajstić information content (AvgIpc) is 3.96. The van der Waals surface area contributed by atoms with Gasteiger partial charge in [-0.2, -0.15) is 0 Å². The maximum Gasteiger partial charge on any atom is 0.408 e. The molecule has 5 rings (SSSR count). The SMILES string of the molecule is CC(C)C[C@@H]1NC(=O)[C@]2(N(C)C(=O)[C@@H](NC(=O)OC(C)(C)C)C3CC3)C[C@@H]2CCCCCCN(C)C(=O)[C@H](Cc2cc(Cl)cnc2OC2CC2)N(C)C1=O. The lowest BCUT2D eigenvalue weighted by atomic mass is 9.98.